The van der Waals surface area contributed by atoms with Crippen molar-refractivity contribution < 1.29 is 9.53 Å². The first-order chi connectivity index (χ1) is 18.2. The molecule has 1 saturated carbocycles. The summed E-state index contributed by atoms with van der Waals surface area (Å²) in [7, 11) is 0. The molecule has 6 heteroatoms. The molecule has 5 nitrogen and oxygen atoms in total. The molecular weight excluding hydrogens is 494 g/mol. The summed E-state index contributed by atoms with van der Waals surface area (Å²) in [5, 5.41) is 3.72. The zero-order chi connectivity index (χ0) is 27.2. The quantitative estimate of drug-likeness (QED) is 0.278. The van der Waals surface area contributed by atoms with E-state index in [4.69, 9.17) is 28.6 Å². The van der Waals surface area contributed by atoms with Crippen LogP contribution in [0.4, 0.5) is 0 Å². The largest absolute Gasteiger partial charge is 0.375 e. The lowest BCUT2D eigenvalue weighted by atomic mass is 9.86. The average molecular weight is 530 g/mol. The summed E-state index contributed by atoms with van der Waals surface area (Å²) in [6, 6.07) is 23.2. The zero-order valence-electron chi connectivity index (χ0n) is 22.2. The van der Waals surface area contributed by atoms with E-state index in [1.807, 2.05) is 74.5 Å². The van der Waals surface area contributed by atoms with Gasteiger partial charge in [-0.2, -0.15) is 0 Å². The molecule has 3 aromatic carbocycles. The summed E-state index contributed by atoms with van der Waals surface area (Å²) in [6.07, 6.45) is 4.34. The van der Waals surface area contributed by atoms with Crippen LogP contribution in [-0.4, -0.2) is 18.1 Å². The molecule has 0 saturated heterocycles. The summed E-state index contributed by atoms with van der Waals surface area (Å²) in [4.78, 5) is 17.4. The minimum atomic E-state index is -0.584. The Labute approximate surface area is 231 Å². The maximum absolute atomic E-state index is 13.4. The van der Waals surface area contributed by atoms with Gasteiger partial charge >= 0.3 is 0 Å². The molecular formula is C32H36ClN3O2. The lowest BCUT2D eigenvalue weighted by molar-refractivity contribution is 0.0789. The third kappa shape index (κ3) is 7.02. The van der Waals surface area contributed by atoms with Crippen LogP contribution in [-0.2, 0) is 23.3 Å². The van der Waals surface area contributed by atoms with E-state index in [1.165, 1.54) is 0 Å². The molecule has 1 aliphatic carbocycles. The highest BCUT2D eigenvalue weighted by Gasteiger charge is 2.42. The molecule has 0 spiro atoms. The number of ether oxygens (including phenoxy) is 1. The second-order valence-corrected chi connectivity index (χ2v) is 11.3. The molecule has 2 unspecified atom stereocenters. The van der Waals surface area contributed by atoms with Gasteiger partial charge in [-0.1, -0.05) is 54.1 Å². The van der Waals surface area contributed by atoms with Crippen molar-refractivity contribution in [1.82, 2.24) is 5.32 Å². The van der Waals surface area contributed by atoms with Crippen molar-refractivity contribution in [1.29, 1.82) is 0 Å². The Morgan fingerprint density at radius 1 is 1.11 bits per heavy atom. The van der Waals surface area contributed by atoms with Gasteiger partial charge in [0, 0.05) is 34.5 Å². The molecule has 0 heterocycles. The maximum atomic E-state index is 13.4. The predicted octanol–water partition coefficient (Wildman–Crippen LogP) is 7.00. The summed E-state index contributed by atoms with van der Waals surface area (Å²) in [5.74, 6) is -0.188. The van der Waals surface area contributed by atoms with E-state index in [1.54, 1.807) is 0 Å². The van der Waals surface area contributed by atoms with Crippen LogP contribution in [0.25, 0.3) is 4.85 Å². The summed E-state index contributed by atoms with van der Waals surface area (Å²) in [5.41, 5.74) is 9.82. The number of halogens is 1. The van der Waals surface area contributed by atoms with Crippen LogP contribution in [0, 0.1) is 6.57 Å². The summed E-state index contributed by atoms with van der Waals surface area (Å²) >= 11 is 6.15. The minimum absolute atomic E-state index is 0.188. The molecule has 0 radical (unpaired) electrons. The first-order valence-electron chi connectivity index (χ1n) is 13.2. The number of rotatable bonds is 10. The van der Waals surface area contributed by atoms with Crippen molar-refractivity contribution >= 4 is 17.5 Å². The molecule has 1 fully saturated rings. The summed E-state index contributed by atoms with van der Waals surface area (Å²) in [6.45, 7) is 12.6. The van der Waals surface area contributed by atoms with Crippen molar-refractivity contribution in [2.24, 2.45) is 5.73 Å². The van der Waals surface area contributed by atoms with Crippen LogP contribution in [0.2, 0.25) is 5.02 Å². The molecule has 4 rings (SSSR count). The standard InChI is InChI=1S/C32H36ClN3O2/c1-23(26-12-9-13-29(33)19-26)36-30(37)27-16-25(17-28(18-27)32(35-3)14-7-8-15-32)21-38-22-31(2,34)20-24-10-5-4-6-11-24/h4-6,9-13,16-19,23H,7-8,14-15,20-22,34H2,1-2H3,(H,36,37). The number of carbonyl (C=O) groups excluding carboxylic acids is 1. The first kappa shape index (κ1) is 27.9. The fourth-order valence-electron chi connectivity index (χ4n) is 5.25. The van der Waals surface area contributed by atoms with Crippen LogP contribution in [0.5, 0.6) is 0 Å². The second kappa shape index (κ2) is 12.1. The maximum Gasteiger partial charge on any atom is 0.257 e. The number of amides is 1. The van der Waals surface area contributed by atoms with Crippen LogP contribution in [0.1, 0.15) is 78.2 Å². The lowest BCUT2D eigenvalue weighted by Crippen LogP contribution is -2.43. The molecule has 1 aliphatic rings. The average Bonchev–Trinajstić information content (AvgIpc) is 3.39. The fraction of sp³-hybridized carbons (Fsp3) is 0.375. The third-order valence-corrected chi connectivity index (χ3v) is 7.52. The number of carbonyl (C=O) groups is 1. The molecule has 3 N–H and O–H groups in total. The van der Waals surface area contributed by atoms with Crippen LogP contribution in [0.3, 0.4) is 0 Å². The Hall–Kier alpha value is -3.17. The van der Waals surface area contributed by atoms with E-state index < -0.39 is 11.1 Å². The number of benzene rings is 3. The monoisotopic (exact) mass is 529 g/mol. The Balaban J connectivity index is 1.52. The van der Waals surface area contributed by atoms with Crippen LogP contribution >= 0.6 is 11.6 Å². The number of nitrogens with two attached hydrogens (primary N) is 1. The SMILES string of the molecule is [C-]#[N+]C1(c2cc(COCC(C)(N)Cc3ccccc3)cc(C(=O)NC(C)c3cccc(Cl)c3)c2)CCCC1. The number of hydrogen-bond donors (Lipinski definition) is 2. The number of hydrogen-bond acceptors (Lipinski definition) is 3. The van der Waals surface area contributed by atoms with Crippen molar-refractivity contribution in [2.75, 3.05) is 6.61 Å². The number of nitrogens with zero attached hydrogens (tertiary/aromatic N) is 1. The molecule has 198 valence electrons. The van der Waals surface area contributed by atoms with Gasteiger partial charge in [0.25, 0.3) is 11.4 Å². The van der Waals surface area contributed by atoms with Gasteiger partial charge in [0.15, 0.2) is 0 Å². The van der Waals surface area contributed by atoms with Gasteiger partial charge in [-0.15, -0.1) is 0 Å². The normalized spacial score (nSPS) is 16.8. The third-order valence-electron chi connectivity index (χ3n) is 7.28. The summed E-state index contributed by atoms with van der Waals surface area (Å²) < 4.78 is 6.09. The van der Waals surface area contributed by atoms with Gasteiger partial charge in [0.2, 0.25) is 0 Å². The first-order valence-corrected chi connectivity index (χ1v) is 13.6. The topological polar surface area (TPSA) is 68.7 Å². The van der Waals surface area contributed by atoms with Gasteiger partial charge in [-0.05, 0) is 80.1 Å². The lowest BCUT2D eigenvalue weighted by Gasteiger charge is -2.25. The molecule has 2 atom stereocenters. The molecule has 3 aromatic rings. The van der Waals surface area contributed by atoms with E-state index in [0.717, 1.165) is 47.9 Å². The van der Waals surface area contributed by atoms with Crippen molar-refractivity contribution in [2.45, 2.75) is 69.7 Å². The van der Waals surface area contributed by atoms with E-state index in [0.29, 0.717) is 30.2 Å². The smallest absolute Gasteiger partial charge is 0.257 e. The van der Waals surface area contributed by atoms with Crippen molar-refractivity contribution in [3.05, 3.63) is 117 Å². The Morgan fingerprint density at radius 3 is 2.53 bits per heavy atom. The van der Waals surface area contributed by atoms with Crippen LogP contribution < -0.4 is 11.1 Å². The second-order valence-electron chi connectivity index (χ2n) is 10.8. The Kier molecular flexibility index (Phi) is 8.89. The van der Waals surface area contributed by atoms with E-state index in [-0.39, 0.29) is 11.9 Å². The van der Waals surface area contributed by atoms with Gasteiger partial charge in [0.1, 0.15) is 0 Å². The Bertz CT molecular complexity index is 1290. The van der Waals surface area contributed by atoms with E-state index in [9.17, 15) is 4.79 Å². The number of nitrogens with one attached hydrogen (secondary N) is 1. The Morgan fingerprint density at radius 2 is 1.84 bits per heavy atom. The van der Waals surface area contributed by atoms with Crippen LogP contribution in [0.15, 0.2) is 72.8 Å². The highest BCUT2D eigenvalue weighted by Crippen LogP contribution is 2.43. The van der Waals surface area contributed by atoms with E-state index in [2.05, 4.69) is 22.3 Å². The van der Waals surface area contributed by atoms with Crippen molar-refractivity contribution in [3.8, 4) is 0 Å². The predicted molar refractivity (Wildman–Crippen MR) is 153 cm³/mol. The fourth-order valence-corrected chi connectivity index (χ4v) is 5.45. The molecule has 0 aliphatic heterocycles. The van der Waals surface area contributed by atoms with Gasteiger partial charge in [-0.3, -0.25) is 4.79 Å². The van der Waals surface area contributed by atoms with Gasteiger partial charge < -0.3 is 20.6 Å². The molecule has 0 aromatic heterocycles. The molecule has 1 amide bonds. The highest BCUT2D eigenvalue weighted by atomic mass is 35.5. The van der Waals surface area contributed by atoms with Crippen molar-refractivity contribution in [3.63, 3.8) is 0 Å². The highest BCUT2D eigenvalue weighted by molar-refractivity contribution is 6.30. The van der Waals surface area contributed by atoms with Gasteiger partial charge in [-0.25, -0.2) is 6.57 Å². The van der Waals surface area contributed by atoms with Gasteiger partial charge in [0.05, 0.1) is 19.3 Å². The molecule has 38 heavy (non-hydrogen) atoms. The zero-order valence-corrected chi connectivity index (χ0v) is 22.9. The van der Waals surface area contributed by atoms with E-state index >= 15 is 0 Å². The minimum Gasteiger partial charge on any atom is -0.375 e. The molecule has 0 bridgehead atoms.